The van der Waals surface area contributed by atoms with Crippen LogP contribution >= 0.6 is 0 Å². The van der Waals surface area contributed by atoms with Gasteiger partial charge in [-0.05, 0) is 0 Å². The Morgan fingerprint density at radius 3 is 2.15 bits per heavy atom. The number of carbonyl (C=O) groups is 1. The Kier molecular flexibility index (Phi) is 4.01. The van der Waals surface area contributed by atoms with Crippen LogP contribution < -0.4 is 9.47 Å². The number of carboxylic acid groups (broad SMARTS) is 1. The van der Waals surface area contributed by atoms with Crippen molar-refractivity contribution in [1.82, 2.24) is 4.98 Å². The van der Waals surface area contributed by atoms with E-state index in [4.69, 9.17) is 5.11 Å². The molecule has 0 saturated heterocycles. The highest BCUT2D eigenvalue weighted by molar-refractivity contribution is 5.89. The number of methoxy groups -OCH3 is 1. The number of alkyl halides is 6. The predicted molar refractivity (Wildman–Crippen MR) is 49.4 cm³/mol. The summed E-state index contributed by atoms with van der Waals surface area (Å²) in [5, 5.41) is 8.64. The number of halogens is 6. The number of hydrogen-bond donors (Lipinski definition) is 1. The van der Waals surface area contributed by atoms with Crippen molar-refractivity contribution in [2.45, 2.75) is 12.5 Å². The highest BCUT2D eigenvalue weighted by atomic mass is 19.4. The van der Waals surface area contributed by atoms with Crippen molar-refractivity contribution < 1.29 is 45.7 Å². The zero-order valence-electron chi connectivity index (χ0n) is 9.46. The lowest BCUT2D eigenvalue weighted by atomic mass is 10.2. The van der Waals surface area contributed by atoms with Gasteiger partial charge in [-0.25, -0.2) is 9.78 Å². The van der Waals surface area contributed by atoms with Gasteiger partial charge in [-0.2, -0.15) is 13.2 Å². The highest BCUT2D eigenvalue weighted by Crippen LogP contribution is 2.41. The van der Waals surface area contributed by atoms with Crippen LogP contribution in [0.15, 0.2) is 6.07 Å². The molecule has 1 rings (SSSR count). The molecular formula is C9H5F6NO4. The Balaban J connectivity index is 3.61. The molecule has 0 amide bonds. The number of aromatic nitrogens is 1. The van der Waals surface area contributed by atoms with Gasteiger partial charge < -0.3 is 14.6 Å². The van der Waals surface area contributed by atoms with E-state index >= 15 is 0 Å². The molecule has 1 N–H and O–H groups in total. The Bertz CT molecular complexity index is 524. The fourth-order valence-electron chi connectivity index (χ4n) is 1.19. The van der Waals surface area contributed by atoms with E-state index in [0.717, 1.165) is 7.11 Å². The third kappa shape index (κ3) is 3.65. The van der Waals surface area contributed by atoms with Crippen LogP contribution in [0.1, 0.15) is 16.1 Å². The molecule has 0 bridgehead atoms. The summed E-state index contributed by atoms with van der Waals surface area (Å²) in [6, 6.07) is 0.105. The van der Waals surface area contributed by atoms with Crippen LogP contribution in [0.5, 0.6) is 11.6 Å². The lowest BCUT2D eigenvalue weighted by Gasteiger charge is -2.17. The van der Waals surface area contributed by atoms with Gasteiger partial charge in [0.2, 0.25) is 5.88 Å². The lowest BCUT2D eigenvalue weighted by Crippen LogP contribution is -2.23. The maximum atomic E-state index is 12.7. The van der Waals surface area contributed by atoms with Crippen LogP contribution in [0.2, 0.25) is 0 Å². The van der Waals surface area contributed by atoms with Gasteiger partial charge in [0.25, 0.3) is 0 Å². The highest BCUT2D eigenvalue weighted by Gasteiger charge is 2.43. The smallest absolute Gasteiger partial charge is 0.481 e. The SMILES string of the molecule is COc1cc(C(F)(F)F)c(OC(F)(F)F)c(C(=O)O)n1. The summed E-state index contributed by atoms with van der Waals surface area (Å²) in [5.74, 6) is -4.89. The Hall–Kier alpha value is -2.20. The number of hydrogen-bond acceptors (Lipinski definition) is 4. The molecule has 0 aliphatic rings. The van der Waals surface area contributed by atoms with Crippen LogP contribution in [0.3, 0.4) is 0 Å². The van der Waals surface area contributed by atoms with E-state index in [0.29, 0.717) is 0 Å². The maximum absolute atomic E-state index is 12.7. The molecular weight excluding hydrogens is 300 g/mol. The minimum atomic E-state index is -5.51. The first kappa shape index (κ1) is 15.9. The summed E-state index contributed by atoms with van der Waals surface area (Å²) in [6.07, 6.45) is -10.8. The number of carboxylic acids is 1. The van der Waals surface area contributed by atoms with Crippen molar-refractivity contribution in [3.05, 3.63) is 17.3 Å². The van der Waals surface area contributed by atoms with E-state index < -0.39 is 41.4 Å². The summed E-state index contributed by atoms with van der Waals surface area (Å²) in [7, 11) is 0.873. The second-order valence-corrected chi connectivity index (χ2v) is 3.24. The van der Waals surface area contributed by atoms with Crippen molar-refractivity contribution in [2.75, 3.05) is 7.11 Å². The van der Waals surface area contributed by atoms with Gasteiger partial charge in [-0.3, -0.25) is 0 Å². The minimum absolute atomic E-state index is 0.105. The molecule has 11 heteroatoms. The van der Waals surface area contributed by atoms with E-state index in [9.17, 15) is 31.1 Å². The molecule has 112 valence electrons. The van der Waals surface area contributed by atoms with E-state index in [1.165, 1.54) is 0 Å². The number of rotatable bonds is 3. The molecule has 5 nitrogen and oxygen atoms in total. The van der Waals surface area contributed by atoms with Gasteiger partial charge in [0.1, 0.15) is 5.56 Å². The maximum Gasteiger partial charge on any atom is 0.573 e. The summed E-state index contributed by atoms with van der Waals surface area (Å²) in [5.41, 5.74) is -3.52. The van der Waals surface area contributed by atoms with Gasteiger partial charge >= 0.3 is 18.5 Å². The number of aromatic carboxylic acids is 1. The van der Waals surface area contributed by atoms with Crippen LogP contribution in [0.25, 0.3) is 0 Å². The Morgan fingerprint density at radius 1 is 1.25 bits per heavy atom. The van der Waals surface area contributed by atoms with Crippen molar-refractivity contribution in [3.63, 3.8) is 0 Å². The number of pyridine rings is 1. The number of nitrogens with zero attached hydrogens (tertiary/aromatic N) is 1. The minimum Gasteiger partial charge on any atom is -0.481 e. The summed E-state index contributed by atoms with van der Waals surface area (Å²) in [4.78, 5) is 13.7. The van der Waals surface area contributed by atoms with E-state index in [1.54, 1.807) is 0 Å². The number of ether oxygens (including phenoxy) is 2. The van der Waals surface area contributed by atoms with Crippen LogP contribution in [-0.4, -0.2) is 29.5 Å². The van der Waals surface area contributed by atoms with Crippen molar-refractivity contribution in [3.8, 4) is 11.6 Å². The fourth-order valence-corrected chi connectivity index (χ4v) is 1.19. The average molecular weight is 305 g/mol. The van der Waals surface area contributed by atoms with Crippen molar-refractivity contribution in [1.29, 1.82) is 0 Å². The third-order valence-electron chi connectivity index (χ3n) is 1.88. The molecule has 1 aromatic rings. The van der Waals surface area contributed by atoms with E-state index in [2.05, 4.69) is 14.5 Å². The monoisotopic (exact) mass is 305 g/mol. The molecule has 0 aromatic carbocycles. The zero-order valence-corrected chi connectivity index (χ0v) is 9.46. The second-order valence-electron chi connectivity index (χ2n) is 3.24. The molecule has 0 saturated carbocycles. The van der Waals surface area contributed by atoms with Crippen LogP contribution in [0, 0.1) is 0 Å². The standard InChI is InChI=1S/C9H5F6NO4/c1-19-4-2-3(8(10,11)12)6(20-9(13,14)15)5(16-4)7(17)18/h2H,1H3,(H,17,18). The molecule has 1 heterocycles. The van der Waals surface area contributed by atoms with Gasteiger partial charge in [0.05, 0.1) is 7.11 Å². The molecule has 0 unspecified atom stereocenters. The Morgan fingerprint density at radius 2 is 1.80 bits per heavy atom. The van der Waals surface area contributed by atoms with Crippen molar-refractivity contribution >= 4 is 5.97 Å². The third-order valence-corrected chi connectivity index (χ3v) is 1.88. The molecule has 20 heavy (non-hydrogen) atoms. The summed E-state index contributed by atoms with van der Waals surface area (Å²) < 4.78 is 81.7. The lowest BCUT2D eigenvalue weighted by molar-refractivity contribution is -0.276. The topological polar surface area (TPSA) is 68.7 Å². The fraction of sp³-hybridized carbons (Fsp3) is 0.333. The molecule has 0 atom stereocenters. The summed E-state index contributed by atoms with van der Waals surface area (Å²) >= 11 is 0. The van der Waals surface area contributed by atoms with Crippen LogP contribution in [-0.2, 0) is 6.18 Å². The molecule has 0 radical (unpaired) electrons. The zero-order chi connectivity index (χ0) is 15.7. The first-order valence-electron chi connectivity index (χ1n) is 4.61. The molecule has 1 aromatic heterocycles. The quantitative estimate of drug-likeness (QED) is 0.870. The predicted octanol–water partition coefficient (Wildman–Crippen LogP) is 2.71. The largest absolute Gasteiger partial charge is 0.573 e. The van der Waals surface area contributed by atoms with Crippen LogP contribution in [0.4, 0.5) is 26.3 Å². The molecule has 0 aliphatic carbocycles. The van der Waals surface area contributed by atoms with E-state index in [-0.39, 0.29) is 6.07 Å². The second kappa shape index (κ2) is 5.06. The molecule has 0 fully saturated rings. The van der Waals surface area contributed by atoms with Gasteiger partial charge in [-0.15, -0.1) is 13.2 Å². The van der Waals surface area contributed by atoms with Gasteiger partial charge in [-0.1, -0.05) is 0 Å². The molecule has 0 spiro atoms. The summed E-state index contributed by atoms with van der Waals surface area (Å²) in [6.45, 7) is 0. The van der Waals surface area contributed by atoms with Crippen molar-refractivity contribution in [2.24, 2.45) is 0 Å². The first-order chi connectivity index (χ1) is 8.95. The Labute approximate surface area is 106 Å². The van der Waals surface area contributed by atoms with E-state index in [1.807, 2.05) is 0 Å². The van der Waals surface area contributed by atoms with Gasteiger partial charge in [0, 0.05) is 6.07 Å². The first-order valence-corrected chi connectivity index (χ1v) is 4.61. The average Bonchev–Trinajstić information content (AvgIpc) is 2.25. The normalized spacial score (nSPS) is 12.2. The molecule has 0 aliphatic heterocycles. The van der Waals surface area contributed by atoms with Gasteiger partial charge in [0.15, 0.2) is 11.4 Å².